The molecule has 0 aliphatic heterocycles. The highest BCUT2D eigenvalue weighted by Gasteiger charge is 2.17. The van der Waals surface area contributed by atoms with Gasteiger partial charge < -0.3 is 19.0 Å². The lowest BCUT2D eigenvalue weighted by atomic mass is 10.2. The Morgan fingerprint density at radius 2 is 1.97 bits per heavy atom. The van der Waals surface area contributed by atoms with Crippen molar-refractivity contribution >= 4 is 65.9 Å². The van der Waals surface area contributed by atoms with E-state index in [1.807, 2.05) is 18.2 Å². The van der Waals surface area contributed by atoms with Crippen molar-refractivity contribution in [3.8, 4) is 23.1 Å². The Bertz CT molecular complexity index is 1760. The van der Waals surface area contributed by atoms with Gasteiger partial charge in [-0.1, -0.05) is 28.1 Å². The van der Waals surface area contributed by atoms with Crippen molar-refractivity contribution < 1.29 is 23.8 Å². The predicted octanol–water partition coefficient (Wildman–Crippen LogP) is 5.69. The molecule has 0 spiro atoms. The van der Waals surface area contributed by atoms with Crippen LogP contribution in [0.5, 0.6) is 11.5 Å². The van der Waals surface area contributed by atoms with Crippen LogP contribution >= 0.6 is 31.9 Å². The van der Waals surface area contributed by atoms with E-state index in [2.05, 4.69) is 41.9 Å². The molecule has 2 heterocycles. The Morgan fingerprint density at radius 1 is 1.16 bits per heavy atom. The van der Waals surface area contributed by atoms with Crippen LogP contribution in [0.25, 0.3) is 33.5 Å². The summed E-state index contributed by atoms with van der Waals surface area (Å²) in [6.07, 6.45) is 1.47. The minimum Gasteiger partial charge on any atom is -0.493 e. The lowest BCUT2D eigenvalue weighted by molar-refractivity contribution is -0.139. The number of furan rings is 1. The van der Waals surface area contributed by atoms with Gasteiger partial charge in [0.25, 0.3) is 5.56 Å². The third-order valence-electron chi connectivity index (χ3n) is 5.37. The molecule has 0 aliphatic rings. The third kappa shape index (κ3) is 5.00. The van der Waals surface area contributed by atoms with Gasteiger partial charge >= 0.3 is 5.97 Å². The Morgan fingerprint density at radius 3 is 2.76 bits per heavy atom. The summed E-state index contributed by atoms with van der Waals surface area (Å²) >= 11 is 6.84. The molecule has 3 aromatic carbocycles. The number of ether oxygens (including phenoxy) is 2. The first kappa shape index (κ1) is 24.7. The number of aromatic nitrogens is 2. The van der Waals surface area contributed by atoms with Gasteiger partial charge in [0.15, 0.2) is 23.9 Å². The van der Waals surface area contributed by atoms with Crippen molar-refractivity contribution in [3.05, 3.63) is 85.5 Å². The van der Waals surface area contributed by atoms with Crippen LogP contribution in [0.15, 0.2) is 83.9 Å². The van der Waals surface area contributed by atoms with Gasteiger partial charge in [-0.3, -0.25) is 4.79 Å². The predicted molar refractivity (Wildman–Crippen MR) is 146 cm³/mol. The number of rotatable bonds is 7. The molecule has 2 aromatic heterocycles. The van der Waals surface area contributed by atoms with Gasteiger partial charge in [-0.15, -0.1) is 0 Å². The van der Waals surface area contributed by atoms with Crippen LogP contribution in [0.4, 0.5) is 0 Å². The summed E-state index contributed by atoms with van der Waals surface area (Å²) in [6, 6.07) is 17.7. The molecular formula is C26H17Br2N3O6. The average molecular weight is 627 g/mol. The number of aliphatic carboxylic acids is 1. The van der Waals surface area contributed by atoms with Crippen LogP contribution in [-0.4, -0.2) is 40.7 Å². The first-order valence-electron chi connectivity index (χ1n) is 10.8. The molecule has 0 saturated heterocycles. The average Bonchev–Trinajstić information content (AvgIpc) is 3.30. The Balaban J connectivity index is 1.63. The highest BCUT2D eigenvalue weighted by Crippen LogP contribution is 2.36. The van der Waals surface area contributed by atoms with Crippen molar-refractivity contribution in [3.63, 3.8) is 0 Å². The zero-order valence-electron chi connectivity index (χ0n) is 19.1. The van der Waals surface area contributed by atoms with Crippen molar-refractivity contribution in [2.24, 2.45) is 5.10 Å². The Labute approximate surface area is 226 Å². The zero-order valence-corrected chi connectivity index (χ0v) is 22.3. The number of carboxylic acids is 1. The molecule has 0 amide bonds. The van der Waals surface area contributed by atoms with E-state index in [4.69, 9.17) is 19.0 Å². The summed E-state index contributed by atoms with van der Waals surface area (Å²) in [7, 11) is 1.44. The molecule has 0 bridgehead atoms. The summed E-state index contributed by atoms with van der Waals surface area (Å²) in [6.45, 7) is -0.530. The number of hydrogen-bond acceptors (Lipinski definition) is 7. The molecular weight excluding hydrogens is 610 g/mol. The van der Waals surface area contributed by atoms with Crippen LogP contribution in [0.2, 0.25) is 0 Å². The summed E-state index contributed by atoms with van der Waals surface area (Å²) in [4.78, 5) is 29.0. The minimum absolute atomic E-state index is 0.236. The van der Waals surface area contributed by atoms with E-state index in [1.54, 1.807) is 42.5 Å². The number of para-hydroxylation sites is 1. The number of nitrogens with zero attached hydrogens (tertiary/aromatic N) is 3. The van der Waals surface area contributed by atoms with Crippen LogP contribution in [0.1, 0.15) is 5.56 Å². The SMILES string of the molecule is COc1cc(C=Nn2c(-c3cc4cc(Br)ccc4o3)nc3ccccc3c2=O)cc(Br)c1OCC(=O)O. The molecule has 0 unspecified atom stereocenters. The first-order valence-corrected chi connectivity index (χ1v) is 12.4. The molecule has 1 N–H and O–H groups in total. The van der Waals surface area contributed by atoms with E-state index in [0.717, 1.165) is 9.86 Å². The zero-order chi connectivity index (χ0) is 26.1. The smallest absolute Gasteiger partial charge is 0.341 e. The maximum absolute atomic E-state index is 13.5. The number of benzene rings is 3. The van der Waals surface area contributed by atoms with E-state index in [0.29, 0.717) is 38.0 Å². The highest BCUT2D eigenvalue weighted by molar-refractivity contribution is 9.10. The second-order valence-electron chi connectivity index (χ2n) is 7.82. The number of fused-ring (bicyclic) bond motifs is 2. The number of hydrogen-bond donors (Lipinski definition) is 1. The summed E-state index contributed by atoms with van der Waals surface area (Å²) in [5.74, 6) is 0.0297. The molecule has 0 fully saturated rings. The summed E-state index contributed by atoms with van der Waals surface area (Å²) < 4.78 is 19.2. The van der Waals surface area contributed by atoms with E-state index >= 15 is 0 Å². The van der Waals surface area contributed by atoms with Gasteiger partial charge in [0, 0.05) is 9.86 Å². The fraction of sp³-hybridized carbons (Fsp3) is 0.0769. The second kappa shape index (κ2) is 10.2. The van der Waals surface area contributed by atoms with Gasteiger partial charge in [-0.2, -0.15) is 9.78 Å². The fourth-order valence-electron chi connectivity index (χ4n) is 3.73. The molecule has 0 saturated carbocycles. The van der Waals surface area contributed by atoms with Gasteiger partial charge in [-0.25, -0.2) is 9.78 Å². The highest BCUT2D eigenvalue weighted by atomic mass is 79.9. The Hall–Kier alpha value is -3.96. The number of halogens is 2. The van der Waals surface area contributed by atoms with Gasteiger partial charge in [0.2, 0.25) is 5.82 Å². The first-order chi connectivity index (χ1) is 17.8. The number of carboxylic acid groups (broad SMARTS) is 1. The molecule has 0 radical (unpaired) electrons. The number of carbonyl (C=O) groups is 1. The molecule has 0 aliphatic carbocycles. The third-order valence-corrected chi connectivity index (χ3v) is 6.45. The standard InChI is InChI=1S/C26H17Br2N3O6/c1-35-21-9-14(8-18(28)24(21)36-13-23(32)33)12-29-31-25(30-19-5-3-2-4-17(19)26(31)34)22-11-15-10-16(27)6-7-20(15)37-22/h2-12H,13H2,1H3,(H,32,33). The van der Waals surface area contributed by atoms with Crippen molar-refractivity contribution in [1.82, 2.24) is 9.66 Å². The van der Waals surface area contributed by atoms with Crippen LogP contribution < -0.4 is 15.0 Å². The van der Waals surface area contributed by atoms with Crippen molar-refractivity contribution in [1.29, 1.82) is 0 Å². The van der Waals surface area contributed by atoms with Crippen molar-refractivity contribution in [2.45, 2.75) is 0 Å². The van der Waals surface area contributed by atoms with Crippen LogP contribution in [0.3, 0.4) is 0 Å². The Kier molecular flexibility index (Phi) is 6.81. The summed E-state index contributed by atoms with van der Waals surface area (Å²) in [5.41, 5.74) is 1.35. The topological polar surface area (TPSA) is 116 Å². The van der Waals surface area contributed by atoms with E-state index in [-0.39, 0.29) is 17.1 Å². The fourth-order valence-corrected chi connectivity index (χ4v) is 4.68. The summed E-state index contributed by atoms with van der Waals surface area (Å²) in [5, 5.41) is 14.6. The van der Waals surface area contributed by atoms with Gasteiger partial charge in [0.05, 0.1) is 28.7 Å². The van der Waals surface area contributed by atoms with Crippen LogP contribution in [-0.2, 0) is 4.79 Å². The molecule has 5 rings (SSSR count). The van der Waals surface area contributed by atoms with E-state index in [1.165, 1.54) is 18.0 Å². The molecule has 9 nitrogen and oxygen atoms in total. The van der Waals surface area contributed by atoms with E-state index < -0.39 is 12.6 Å². The molecule has 0 atom stereocenters. The molecule has 37 heavy (non-hydrogen) atoms. The van der Waals surface area contributed by atoms with E-state index in [9.17, 15) is 9.59 Å². The monoisotopic (exact) mass is 625 g/mol. The molecule has 186 valence electrons. The minimum atomic E-state index is -1.12. The lowest BCUT2D eigenvalue weighted by Gasteiger charge is -2.12. The maximum Gasteiger partial charge on any atom is 0.341 e. The quantitative estimate of drug-likeness (QED) is 0.231. The van der Waals surface area contributed by atoms with Gasteiger partial charge in [-0.05, 0) is 70.0 Å². The molecule has 11 heteroatoms. The second-order valence-corrected chi connectivity index (χ2v) is 9.59. The van der Waals surface area contributed by atoms with Crippen molar-refractivity contribution in [2.75, 3.05) is 13.7 Å². The van der Waals surface area contributed by atoms with Crippen LogP contribution in [0, 0.1) is 0 Å². The largest absolute Gasteiger partial charge is 0.493 e. The number of methoxy groups -OCH3 is 1. The van der Waals surface area contributed by atoms with Gasteiger partial charge in [0.1, 0.15) is 5.58 Å². The molecule has 5 aromatic rings. The maximum atomic E-state index is 13.5. The lowest BCUT2D eigenvalue weighted by Crippen LogP contribution is -2.20. The normalized spacial score (nSPS) is 11.4.